The Morgan fingerprint density at radius 2 is 1.70 bits per heavy atom. The summed E-state index contributed by atoms with van der Waals surface area (Å²) in [4.78, 5) is 14.6. The number of rotatable bonds is 5. The van der Waals surface area contributed by atoms with Crippen LogP contribution in [0, 0.1) is 12.8 Å². The lowest BCUT2D eigenvalue weighted by Gasteiger charge is -2.16. The second kappa shape index (κ2) is 8.30. The number of carbonyl (C=O) groups is 1. The molecular formula is C24H23NO3S2. The third-order valence-electron chi connectivity index (χ3n) is 5.43. The summed E-state index contributed by atoms with van der Waals surface area (Å²) in [6, 6.07) is 19.9. The van der Waals surface area contributed by atoms with Crippen LogP contribution in [0.15, 0.2) is 82.6 Å². The Balaban J connectivity index is 1.76. The van der Waals surface area contributed by atoms with Crippen molar-refractivity contribution in [2.45, 2.75) is 18.7 Å². The number of allylic oxidation sites excluding steroid dienone is 1. The van der Waals surface area contributed by atoms with Crippen LogP contribution in [0.25, 0.3) is 5.57 Å². The Hall–Kier alpha value is -2.54. The lowest BCUT2D eigenvalue weighted by Crippen LogP contribution is -2.28. The highest BCUT2D eigenvalue weighted by Gasteiger charge is 2.37. The van der Waals surface area contributed by atoms with Gasteiger partial charge in [-0.05, 0) is 42.0 Å². The maximum atomic E-state index is 13.4. The van der Waals surface area contributed by atoms with Gasteiger partial charge in [-0.2, -0.15) is 4.31 Å². The molecule has 0 spiro atoms. The van der Waals surface area contributed by atoms with E-state index in [9.17, 15) is 13.2 Å². The van der Waals surface area contributed by atoms with Crippen LogP contribution >= 0.6 is 11.3 Å². The first-order chi connectivity index (χ1) is 14.4. The maximum absolute atomic E-state index is 13.4. The molecule has 6 heteroatoms. The third-order valence-corrected chi connectivity index (χ3v) is 8.14. The van der Waals surface area contributed by atoms with Crippen LogP contribution in [0.5, 0.6) is 0 Å². The monoisotopic (exact) mass is 437 g/mol. The molecule has 2 heterocycles. The van der Waals surface area contributed by atoms with Crippen molar-refractivity contribution in [1.82, 2.24) is 4.31 Å². The SMILES string of the molecule is Cc1ccc(S(=O)(=O)N2C/C(=C(/C(=O)c3ccccc3)c3cccs3)[C@H](C)C2)cc1. The first kappa shape index (κ1) is 20.7. The molecule has 1 aromatic heterocycles. The molecule has 0 N–H and O–H groups in total. The zero-order chi connectivity index (χ0) is 21.3. The van der Waals surface area contributed by atoms with Crippen LogP contribution < -0.4 is 0 Å². The summed E-state index contributed by atoms with van der Waals surface area (Å²) in [5.41, 5.74) is 3.13. The van der Waals surface area contributed by atoms with Crippen molar-refractivity contribution in [3.63, 3.8) is 0 Å². The Morgan fingerprint density at radius 1 is 1.00 bits per heavy atom. The zero-order valence-corrected chi connectivity index (χ0v) is 18.5. The van der Waals surface area contributed by atoms with Gasteiger partial charge in [0.2, 0.25) is 10.0 Å². The summed E-state index contributed by atoms with van der Waals surface area (Å²) in [7, 11) is -3.62. The van der Waals surface area contributed by atoms with Crippen LogP contribution in [-0.2, 0) is 10.0 Å². The highest BCUT2D eigenvalue weighted by molar-refractivity contribution is 7.89. The normalized spacial score (nSPS) is 19.1. The number of carbonyl (C=O) groups excluding carboxylic acids is 1. The van der Waals surface area contributed by atoms with Gasteiger partial charge >= 0.3 is 0 Å². The fraction of sp³-hybridized carbons (Fsp3) is 0.208. The number of thiophene rings is 1. The van der Waals surface area contributed by atoms with Crippen LogP contribution in [0.4, 0.5) is 0 Å². The van der Waals surface area contributed by atoms with Gasteiger partial charge in [0.1, 0.15) is 0 Å². The second-order valence-electron chi connectivity index (χ2n) is 7.58. The van der Waals surface area contributed by atoms with E-state index in [4.69, 9.17) is 0 Å². The minimum absolute atomic E-state index is 0.0463. The Kier molecular flexibility index (Phi) is 5.73. The van der Waals surface area contributed by atoms with Crippen molar-refractivity contribution >= 4 is 32.7 Å². The molecule has 2 aromatic carbocycles. The number of aryl methyl sites for hydroxylation is 1. The molecule has 1 saturated heterocycles. The zero-order valence-electron chi connectivity index (χ0n) is 16.9. The van der Waals surface area contributed by atoms with Gasteiger partial charge in [0.25, 0.3) is 0 Å². The standard InChI is InChI=1S/C24H23NO3S2/c1-17-10-12-20(13-11-17)30(27,28)25-15-18(2)21(16-25)23(22-9-6-14-29-22)24(26)19-7-4-3-5-8-19/h3-14,18H,15-16H2,1-2H3/b23-21-/t18-/m1/s1. The first-order valence-electron chi connectivity index (χ1n) is 9.81. The van der Waals surface area contributed by atoms with Crippen molar-refractivity contribution in [1.29, 1.82) is 0 Å². The molecule has 1 fully saturated rings. The number of benzene rings is 2. The molecule has 1 aliphatic rings. The average molecular weight is 438 g/mol. The van der Waals surface area contributed by atoms with Crippen LogP contribution in [0.1, 0.15) is 27.7 Å². The molecule has 0 amide bonds. The Bertz CT molecular complexity index is 1180. The average Bonchev–Trinajstić information content (AvgIpc) is 3.40. The summed E-state index contributed by atoms with van der Waals surface area (Å²) in [6.07, 6.45) is 0. The molecule has 0 saturated carbocycles. The van der Waals surface area contributed by atoms with Crippen molar-refractivity contribution in [3.05, 3.63) is 93.7 Å². The summed E-state index contributed by atoms with van der Waals surface area (Å²) in [5.74, 6) is -0.107. The van der Waals surface area contributed by atoms with E-state index < -0.39 is 10.0 Å². The fourth-order valence-electron chi connectivity index (χ4n) is 3.76. The lowest BCUT2D eigenvalue weighted by atomic mass is 9.92. The largest absolute Gasteiger partial charge is 0.289 e. The molecule has 154 valence electrons. The van der Waals surface area contributed by atoms with E-state index in [1.165, 1.54) is 15.6 Å². The molecule has 30 heavy (non-hydrogen) atoms. The van der Waals surface area contributed by atoms with Gasteiger partial charge in [-0.15, -0.1) is 11.3 Å². The van der Waals surface area contributed by atoms with E-state index >= 15 is 0 Å². The molecule has 1 atom stereocenters. The predicted molar refractivity (Wildman–Crippen MR) is 121 cm³/mol. The van der Waals surface area contributed by atoms with Crippen LogP contribution in [0.2, 0.25) is 0 Å². The molecule has 1 aliphatic heterocycles. The number of nitrogens with zero attached hydrogens (tertiary/aromatic N) is 1. The highest BCUT2D eigenvalue weighted by atomic mass is 32.2. The van der Waals surface area contributed by atoms with E-state index in [2.05, 4.69) is 0 Å². The Labute approximate surface area is 181 Å². The number of hydrogen-bond donors (Lipinski definition) is 0. The molecule has 4 rings (SSSR count). The minimum atomic E-state index is -3.62. The smallest absolute Gasteiger partial charge is 0.243 e. The first-order valence-corrected chi connectivity index (χ1v) is 12.1. The summed E-state index contributed by atoms with van der Waals surface area (Å²) < 4.78 is 27.9. The van der Waals surface area contributed by atoms with E-state index in [0.29, 0.717) is 17.7 Å². The van der Waals surface area contributed by atoms with Gasteiger partial charge < -0.3 is 0 Å². The number of hydrogen-bond acceptors (Lipinski definition) is 4. The van der Waals surface area contributed by atoms with Gasteiger partial charge in [0.05, 0.1) is 4.90 Å². The maximum Gasteiger partial charge on any atom is 0.243 e. The number of Topliss-reactive ketones (excluding diaryl/α,β-unsaturated/α-hetero) is 1. The van der Waals surface area contributed by atoms with Gasteiger partial charge in [-0.3, -0.25) is 4.79 Å². The van der Waals surface area contributed by atoms with Crippen LogP contribution in [-0.4, -0.2) is 31.6 Å². The number of ketones is 1. The van der Waals surface area contributed by atoms with E-state index in [1.807, 2.05) is 49.6 Å². The van der Waals surface area contributed by atoms with Crippen molar-refractivity contribution < 1.29 is 13.2 Å². The minimum Gasteiger partial charge on any atom is -0.289 e. The molecule has 0 radical (unpaired) electrons. The van der Waals surface area contributed by atoms with Crippen molar-refractivity contribution in [2.75, 3.05) is 13.1 Å². The van der Waals surface area contributed by atoms with Crippen LogP contribution in [0.3, 0.4) is 0 Å². The summed E-state index contributed by atoms with van der Waals surface area (Å²) in [6.45, 7) is 4.51. The fourth-order valence-corrected chi connectivity index (χ4v) is 6.07. The van der Waals surface area contributed by atoms with Gasteiger partial charge in [-0.1, -0.05) is 61.0 Å². The molecule has 3 aromatic rings. The highest BCUT2D eigenvalue weighted by Crippen LogP contribution is 2.36. The molecular weight excluding hydrogens is 414 g/mol. The van der Waals surface area contributed by atoms with E-state index in [-0.39, 0.29) is 23.1 Å². The third kappa shape index (κ3) is 3.90. The van der Waals surface area contributed by atoms with Gasteiger partial charge in [0, 0.05) is 29.1 Å². The van der Waals surface area contributed by atoms with Gasteiger partial charge in [0.15, 0.2) is 5.78 Å². The predicted octanol–water partition coefficient (Wildman–Crippen LogP) is 5.03. The summed E-state index contributed by atoms with van der Waals surface area (Å²) >= 11 is 1.50. The molecule has 0 unspecified atom stereocenters. The molecule has 0 bridgehead atoms. The second-order valence-corrected chi connectivity index (χ2v) is 10.5. The lowest BCUT2D eigenvalue weighted by molar-refractivity contribution is 0.105. The van der Waals surface area contributed by atoms with Gasteiger partial charge in [-0.25, -0.2) is 8.42 Å². The Morgan fingerprint density at radius 3 is 2.33 bits per heavy atom. The van der Waals surface area contributed by atoms with Crippen molar-refractivity contribution in [3.8, 4) is 0 Å². The topological polar surface area (TPSA) is 54.5 Å². The summed E-state index contributed by atoms with van der Waals surface area (Å²) in [5, 5.41) is 1.94. The van der Waals surface area contributed by atoms with E-state index in [0.717, 1.165) is 16.0 Å². The quantitative estimate of drug-likeness (QED) is 0.415. The molecule has 0 aliphatic carbocycles. The number of sulfonamides is 1. The van der Waals surface area contributed by atoms with Crippen molar-refractivity contribution in [2.24, 2.45) is 5.92 Å². The van der Waals surface area contributed by atoms with E-state index in [1.54, 1.807) is 36.4 Å². The molecule has 4 nitrogen and oxygen atoms in total.